The van der Waals surface area contributed by atoms with Crippen LogP contribution in [0.4, 0.5) is 5.82 Å². The number of aryl methyl sites for hydroxylation is 2. The fourth-order valence-corrected chi connectivity index (χ4v) is 1.77. The molecule has 0 unspecified atom stereocenters. The summed E-state index contributed by atoms with van der Waals surface area (Å²) < 4.78 is 1.64. The highest BCUT2D eigenvalue weighted by atomic mass is 16.1. The highest BCUT2D eigenvalue weighted by Crippen LogP contribution is 2.25. The van der Waals surface area contributed by atoms with Crippen molar-refractivity contribution in [3.8, 4) is 11.3 Å². The number of benzene rings is 1. The molecule has 1 aromatic carbocycles. The van der Waals surface area contributed by atoms with Crippen molar-refractivity contribution in [2.45, 2.75) is 20.4 Å². The second-order valence-corrected chi connectivity index (χ2v) is 3.95. The smallest absolute Gasteiger partial charge is 0.156 e. The van der Waals surface area contributed by atoms with E-state index in [1.54, 1.807) is 4.68 Å². The monoisotopic (exact) mass is 229 g/mol. The number of carbonyl (C=O) groups is 1. The van der Waals surface area contributed by atoms with Crippen LogP contribution in [-0.2, 0) is 6.54 Å². The van der Waals surface area contributed by atoms with Gasteiger partial charge in [-0.1, -0.05) is 29.8 Å². The van der Waals surface area contributed by atoms with Crippen LogP contribution < -0.4 is 5.73 Å². The Morgan fingerprint density at radius 2 is 2.00 bits per heavy atom. The van der Waals surface area contributed by atoms with Crippen LogP contribution in [0.25, 0.3) is 11.3 Å². The molecule has 4 heteroatoms. The standard InChI is InChI=1S/C13H15N3O/c1-3-16-13(14)11(8-17)12(15-16)10-6-4-9(2)5-7-10/h4-8H,3,14H2,1-2H3. The Bertz CT molecular complexity index is 541. The maximum atomic E-state index is 11.1. The summed E-state index contributed by atoms with van der Waals surface area (Å²) in [4.78, 5) is 11.1. The molecule has 0 aliphatic heterocycles. The first-order valence-electron chi connectivity index (χ1n) is 5.55. The molecule has 0 saturated carbocycles. The molecule has 0 radical (unpaired) electrons. The fraction of sp³-hybridized carbons (Fsp3) is 0.231. The Balaban J connectivity index is 2.58. The lowest BCUT2D eigenvalue weighted by atomic mass is 10.1. The van der Waals surface area contributed by atoms with Crippen LogP contribution in [0.15, 0.2) is 24.3 Å². The second-order valence-electron chi connectivity index (χ2n) is 3.95. The van der Waals surface area contributed by atoms with Gasteiger partial charge in [0.05, 0.1) is 5.56 Å². The highest BCUT2D eigenvalue weighted by Gasteiger charge is 2.15. The number of aldehydes is 1. The molecule has 2 aromatic rings. The van der Waals surface area contributed by atoms with E-state index in [1.165, 1.54) is 5.56 Å². The van der Waals surface area contributed by atoms with E-state index in [0.717, 1.165) is 11.8 Å². The molecule has 17 heavy (non-hydrogen) atoms. The average Bonchev–Trinajstić information content (AvgIpc) is 2.66. The number of hydrogen-bond donors (Lipinski definition) is 1. The molecular weight excluding hydrogens is 214 g/mol. The number of aromatic nitrogens is 2. The number of rotatable bonds is 3. The van der Waals surface area contributed by atoms with Crippen molar-refractivity contribution in [3.63, 3.8) is 0 Å². The van der Waals surface area contributed by atoms with E-state index in [4.69, 9.17) is 5.73 Å². The van der Waals surface area contributed by atoms with Gasteiger partial charge in [0.2, 0.25) is 0 Å². The minimum Gasteiger partial charge on any atom is -0.383 e. The Morgan fingerprint density at radius 3 is 2.53 bits per heavy atom. The van der Waals surface area contributed by atoms with E-state index >= 15 is 0 Å². The lowest BCUT2D eigenvalue weighted by Crippen LogP contribution is -2.02. The Hall–Kier alpha value is -2.10. The topological polar surface area (TPSA) is 60.9 Å². The van der Waals surface area contributed by atoms with E-state index in [-0.39, 0.29) is 0 Å². The van der Waals surface area contributed by atoms with Gasteiger partial charge in [0, 0.05) is 12.1 Å². The molecule has 0 amide bonds. The van der Waals surface area contributed by atoms with Gasteiger partial charge in [-0.15, -0.1) is 0 Å². The minimum atomic E-state index is 0.429. The number of nitrogens with zero attached hydrogens (tertiary/aromatic N) is 2. The van der Waals surface area contributed by atoms with Gasteiger partial charge in [-0.2, -0.15) is 5.10 Å². The molecule has 0 saturated heterocycles. The summed E-state index contributed by atoms with van der Waals surface area (Å²) in [7, 11) is 0. The predicted molar refractivity (Wildman–Crippen MR) is 67.9 cm³/mol. The highest BCUT2D eigenvalue weighted by molar-refractivity contribution is 5.91. The molecule has 0 fully saturated rings. The third kappa shape index (κ3) is 1.93. The van der Waals surface area contributed by atoms with Crippen molar-refractivity contribution in [3.05, 3.63) is 35.4 Å². The summed E-state index contributed by atoms with van der Waals surface area (Å²) >= 11 is 0. The van der Waals surface area contributed by atoms with Crippen molar-refractivity contribution < 1.29 is 4.79 Å². The lowest BCUT2D eigenvalue weighted by molar-refractivity contribution is 0.112. The Morgan fingerprint density at radius 1 is 1.35 bits per heavy atom. The van der Waals surface area contributed by atoms with Crippen molar-refractivity contribution in [2.24, 2.45) is 0 Å². The molecule has 4 nitrogen and oxygen atoms in total. The molecule has 88 valence electrons. The van der Waals surface area contributed by atoms with Gasteiger partial charge in [-0.05, 0) is 13.8 Å². The molecule has 1 aromatic heterocycles. The zero-order chi connectivity index (χ0) is 12.4. The summed E-state index contributed by atoms with van der Waals surface area (Å²) in [5.41, 5.74) is 9.07. The van der Waals surface area contributed by atoms with Gasteiger partial charge in [0.15, 0.2) is 6.29 Å². The molecule has 0 atom stereocenters. The first-order valence-corrected chi connectivity index (χ1v) is 5.55. The van der Waals surface area contributed by atoms with Crippen LogP contribution in [0.1, 0.15) is 22.8 Å². The summed E-state index contributed by atoms with van der Waals surface area (Å²) in [5, 5.41) is 4.36. The molecule has 1 heterocycles. The van der Waals surface area contributed by atoms with Gasteiger partial charge < -0.3 is 5.73 Å². The normalized spacial score (nSPS) is 10.5. The molecular formula is C13H15N3O. The van der Waals surface area contributed by atoms with Crippen LogP contribution in [0.5, 0.6) is 0 Å². The van der Waals surface area contributed by atoms with E-state index in [9.17, 15) is 4.79 Å². The van der Waals surface area contributed by atoms with Gasteiger partial charge in [0.25, 0.3) is 0 Å². The van der Waals surface area contributed by atoms with Crippen LogP contribution in [-0.4, -0.2) is 16.1 Å². The van der Waals surface area contributed by atoms with Gasteiger partial charge >= 0.3 is 0 Å². The van der Waals surface area contributed by atoms with E-state index in [1.807, 2.05) is 38.1 Å². The first kappa shape index (κ1) is 11.4. The predicted octanol–water partition coefficient (Wildman–Crippen LogP) is 2.27. The number of hydrogen-bond acceptors (Lipinski definition) is 3. The van der Waals surface area contributed by atoms with Crippen LogP contribution in [0.2, 0.25) is 0 Å². The molecule has 0 spiro atoms. The molecule has 2 N–H and O–H groups in total. The Kier molecular flexibility index (Phi) is 2.95. The van der Waals surface area contributed by atoms with Crippen molar-refractivity contribution in [1.29, 1.82) is 0 Å². The van der Waals surface area contributed by atoms with Crippen LogP contribution in [0.3, 0.4) is 0 Å². The SMILES string of the molecule is CCn1nc(-c2ccc(C)cc2)c(C=O)c1N. The van der Waals surface area contributed by atoms with E-state index < -0.39 is 0 Å². The molecule has 0 aliphatic carbocycles. The number of nitrogen functional groups attached to an aromatic ring is 1. The number of anilines is 1. The minimum absolute atomic E-state index is 0.429. The van der Waals surface area contributed by atoms with Crippen LogP contribution in [0, 0.1) is 6.92 Å². The van der Waals surface area contributed by atoms with Crippen molar-refractivity contribution in [1.82, 2.24) is 9.78 Å². The van der Waals surface area contributed by atoms with E-state index in [2.05, 4.69) is 5.10 Å². The third-order valence-electron chi connectivity index (χ3n) is 2.77. The maximum absolute atomic E-state index is 11.1. The summed E-state index contributed by atoms with van der Waals surface area (Å²) in [6, 6.07) is 7.88. The number of carbonyl (C=O) groups excluding carboxylic acids is 1. The van der Waals surface area contributed by atoms with E-state index in [0.29, 0.717) is 23.6 Å². The zero-order valence-corrected chi connectivity index (χ0v) is 9.97. The Labute approximate surface area is 100 Å². The zero-order valence-electron chi connectivity index (χ0n) is 9.97. The second kappa shape index (κ2) is 4.41. The largest absolute Gasteiger partial charge is 0.383 e. The summed E-state index contributed by atoms with van der Waals surface area (Å²) in [5.74, 6) is 0.429. The van der Waals surface area contributed by atoms with Crippen molar-refractivity contribution >= 4 is 12.1 Å². The lowest BCUT2D eigenvalue weighted by Gasteiger charge is -1.98. The quantitative estimate of drug-likeness (QED) is 0.821. The summed E-state index contributed by atoms with van der Waals surface area (Å²) in [6.07, 6.45) is 0.768. The van der Waals surface area contributed by atoms with Gasteiger partial charge in [-0.3, -0.25) is 4.79 Å². The van der Waals surface area contributed by atoms with Crippen LogP contribution >= 0.6 is 0 Å². The molecule has 0 bridgehead atoms. The maximum Gasteiger partial charge on any atom is 0.156 e. The van der Waals surface area contributed by atoms with Crippen molar-refractivity contribution in [2.75, 3.05) is 5.73 Å². The fourth-order valence-electron chi connectivity index (χ4n) is 1.77. The molecule has 0 aliphatic rings. The summed E-state index contributed by atoms with van der Waals surface area (Å²) in [6.45, 7) is 4.61. The van der Waals surface area contributed by atoms with Gasteiger partial charge in [0.1, 0.15) is 11.5 Å². The molecule has 2 rings (SSSR count). The first-order chi connectivity index (χ1) is 8.17. The number of nitrogens with two attached hydrogens (primary N) is 1. The third-order valence-corrected chi connectivity index (χ3v) is 2.77. The van der Waals surface area contributed by atoms with Gasteiger partial charge in [-0.25, -0.2) is 4.68 Å². The average molecular weight is 229 g/mol.